The molecule has 0 aliphatic heterocycles. The van der Waals surface area contributed by atoms with Gasteiger partial charge >= 0.3 is 5.97 Å². The van der Waals surface area contributed by atoms with Gasteiger partial charge in [0.25, 0.3) is 11.6 Å². The topological polar surface area (TPSA) is 99.0 Å². The molecule has 0 atom stereocenters. The number of likely N-dealkylation sites (N-methyl/N-ethyl adjacent to an activating group) is 1. The largest absolute Gasteiger partial charge is 0.497 e. The zero-order valence-corrected chi connectivity index (χ0v) is 15.3. The number of carbonyl (C=O) groups excluding carboxylic acids is 2. The summed E-state index contributed by atoms with van der Waals surface area (Å²) in [6.45, 7) is 1.45. The lowest BCUT2D eigenvalue weighted by molar-refractivity contribution is -0.385. The molecule has 27 heavy (non-hydrogen) atoms. The Labute approximate surface area is 156 Å². The van der Waals surface area contributed by atoms with Crippen LogP contribution in [0.2, 0.25) is 0 Å². The van der Waals surface area contributed by atoms with Crippen LogP contribution >= 0.6 is 0 Å². The molecule has 8 heteroatoms. The zero-order valence-electron chi connectivity index (χ0n) is 15.3. The normalized spacial score (nSPS) is 10.2. The number of aryl methyl sites for hydroxylation is 1. The average Bonchev–Trinajstić information content (AvgIpc) is 2.65. The van der Waals surface area contributed by atoms with Crippen LogP contribution in [0.25, 0.3) is 0 Å². The van der Waals surface area contributed by atoms with Gasteiger partial charge in [-0.2, -0.15) is 0 Å². The Balaban J connectivity index is 1.93. The summed E-state index contributed by atoms with van der Waals surface area (Å²) in [4.78, 5) is 36.0. The molecule has 0 aliphatic carbocycles. The lowest BCUT2D eigenvalue weighted by atomic mass is 10.1. The number of rotatable bonds is 7. The fraction of sp³-hybridized carbons (Fsp3) is 0.263. The first-order valence-corrected chi connectivity index (χ1v) is 8.11. The fourth-order valence-electron chi connectivity index (χ4n) is 2.44. The second-order valence-electron chi connectivity index (χ2n) is 5.94. The van der Waals surface area contributed by atoms with E-state index >= 15 is 0 Å². The number of hydrogen-bond donors (Lipinski definition) is 0. The highest BCUT2D eigenvalue weighted by molar-refractivity contribution is 5.91. The third kappa shape index (κ3) is 5.27. The number of esters is 1. The van der Waals surface area contributed by atoms with E-state index in [1.807, 2.05) is 18.2 Å². The van der Waals surface area contributed by atoms with Crippen molar-refractivity contribution >= 4 is 17.6 Å². The molecule has 0 spiro atoms. The zero-order chi connectivity index (χ0) is 20.0. The minimum absolute atomic E-state index is 0.0827. The van der Waals surface area contributed by atoms with Gasteiger partial charge < -0.3 is 14.4 Å². The highest BCUT2D eigenvalue weighted by Gasteiger charge is 2.17. The Morgan fingerprint density at radius 3 is 2.56 bits per heavy atom. The average molecular weight is 372 g/mol. The molecule has 0 heterocycles. The molecule has 2 aromatic carbocycles. The maximum Gasteiger partial charge on any atom is 0.338 e. The van der Waals surface area contributed by atoms with Gasteiger partial charge in [-0.15, -0.1) is 0 Å². The molecular weight excluding hydrogens is 352 g/mol. The summed E-state index contributed by atoms with van der Waals surface area (Å²) in [6.07, 6.45) is 0. The molecule has 2 aromatic rings. The molecule has 1 amide bonds. The van der Waals surface area contributed by atoms with E-state index in [1.165, 1.54) is 30.0 Å². The first-order valence-electron chi connectivity index (χ1n) is 8.11. The highest BCUT2D eigenvalue weighted by Crippen LogP contribution is 2.19. The van der Waals surface area contributed by atoms with Gasteiger partial charge in [-0.25, -0.2) is 4.79 Å². The van der Waals surface area contributed by atoms with E-state index in [9.17, 15) is 19.7 Å². The number of nitro groups is 1. The van der Waals surface area contributed by atoms with Gasteiger partial charge in [0.15, 0.2) is 6.61 Å². The number of nitro benzene ring substituents is 1. The molecule has 0 aliphatic rings. The van der Waals surface area contributed by atoms with Gasteiger partial charge in [0.1, 0.15) is 5.75 Å². The van der Waals surface area contributed by atoms with Gasteiger partial charge in [-0.1, -0.05) is 12.1 Å². The Bertz CT molecular complexity index is 865. The summed E-state index contributed by atoms with van der Waals surface area (Å²) >= 11 is 0. The van der Waals surface area contributed by atoms with Crippen LogP contribution in [0.3, 0.4) is 0 Å². The summed E-state index contributed by atoms with van der Waals surface area (Å²) in [6, 6.07) is 11.2. The van der Waals surface area contributed by atoms with Crippen molar-refractivity contribution in [2.24, 2.45) is 0 Å². The molecule has 2 rings (SSSR count). The molecule has 0 radical (unpaired) electrons. The van der Waals surface area contributed by atoms with Crippen molar-refractivity contribution in [3.8, 4) is 5.75 Å². The third-order valence-electron chi connectivity index (χ3n) is 3.94. The van der Waals surface area contributed by atoms with Crippen molar-refractivity contribution in [2.75, 3.05) is 20.8 Å². The molecule has 0 N–H and O–H groups in total. The molecule has 0 bridgehead atoms. The van der Waals surface area contributed by atoms with Gasteiger partial charge in [0.2, 0.25) is 0 Å². The molecular formula is C19H20N2O6. The number of hydrogen-bond acceptors (Lipinski definition) is 6. The van der Waals surface area contributed by atoms with Crippen LogP contribution in [0.4, 0.5) is 5.69 Å². The van der Waals surface area contributed by atoms with Crippen molar-refractivity contribution in [3.05, 3.63) is 69.3 Å². The number of nitrogens with zero attached hydrogens (tertiary/aromatic N) is 2. The molecule has 0 saturated heterocycles. The van der Waals surface area contributed by atoms with Gasteiger partial charge in [0, 0.05) is 25.2 Å². The van der Waals surface area contributed by atoms with E-state index in [0.29, 0.717) is 17.9 Å². The fourth-order valence-corrected chi connectivity index (χ4v) is 2.44. The quantitative estimate of drug-likeness (QED) is 0.421. The summed E-state index contributed by atoms with van der Waals surface area (Å²) in [5.41, 5.74) is 1.29. The number of methoxy groups -OCH3 is 1. The summed E-state index contributed by atoms with van der Waals surface area (Å²) in [7, 11) is 3.17. The predicted molar refractivity (Wildman–Crippen MR) is 97.6 cm³/mol. The van der Waals surface area contributed by atoms with Crippen LogP contribution in [0, 0.1) is 17.0 Å². The Hall–Kier alpha value is -3.42. The van der Waals surface area contributed by atoms with Crippen molar-refractivity contribution in [1.29, 1.82) is 0 Å². The third-order valence-corrected chi connectivity index (χ3v) is 3.94. The van der Waals surface area contributed by atoms with E-state index in [4.69, 9.17) is 9.47 Å². The predicted octanol–water partition coefficient (Wildman–Crippen LogP) is 2.73. The lowest BCUT2D eigenvalue weighted by Gasteiger charge is -2.17. The molecule has 142 valence electrons. The van der Waals surface area contributed by atoms with E-state index in [0.717, 1.165) is 5.56 Å². The maximum absolute atomic E-state index is 12.2. The first-order chi connectivity index (χ1) is 12.8. The minimum atomic E-state index is -0.712. The van der Waals surface area contributed by atoms with Crippen LogP contribution in [0.5, 0.6) is 5.75 Å². The summed E-state index contributed by atoms with van der Waals surface area (Å²) < 4.78 is 10.2. The smallest absolute Gasteiger partial charge is 0.338 e. The Morgan fingerprint density at radius 2 is 1.93 bits per heavy atom. The van der Waals surface area contributed by atoms with E-state index < -0.39 is 17.5 Å². The standard InChI is InChI=1S/C19H20N2O6/c1-13-9-15(7-8-17(13)21(24)25)19(23)27-12-18(22)20(2)11-14-5-4-6-16(10-14)26-3/h4-10H,11-12H2,1-3H3. The minimum Gasteiger partial charge on any atom is -0.497 e. The van der Waals surface area contributed by atoms with Crippen LogP contribution in [-0.2, 0) is 16.1 Å². The second kappa shape index (κ2) is 8.79. The van der Waals surface area contributed by atoms with Crippen molar-refractivity contribution in [2.45, 2.75) is 13.5 Å². The van der Waals surface area contributed by atoms with Crippen LogP contribution in [-0.4, -0.2) is 42.5 Å². The number of amides is 1. The SMILES string of the molecule is COc1cccc(CN(C)C(=O)COC(=O)c2ccc([N+](=O)[O-])c(C)c2)c1. The Kier molecular flexibility index (Phi) is 6.48. The van der Waals surface area contributed by atoms with E-state index in [2.05, 4.69) is 0 Å². The van der Waals surface area contributed by atoms with Crippen molar-refractivity contribution in [3.63, 3.8) is 0 Å². The molecule has 0 saturated carbocycles. The number of ether oxygens (including phenoxy) is 2. The first kappa shape index (κ1) is 19.9. The monoisotopic (exact) mass is 372 g/mol. The summed E-state index contributed by atoms with van der Waals surface area (Å²) in [5.74, 6) is -0.394. The van der Waals surface area contributed by atoms with Gasteiger partial charge in [-0.05, 0) is 36.8 Å². The van der Waals surface area contributed by atoms with Gasteiger partial charge in [0.05, 0.1) is 17.6 Å². The van der Waals surface area contributed by atoms with Gasteiger partial charge in [-0.3, -0.25) is 14.9 Å². The molecule has 0 aromatic heterocycles. The van der Waals surface area contributed by atoms with E-state index in [-0.39, 0.29) is 17.2 Å². The second-order valence-corrected chi connectivity index (χ2v) is 5.94. The van der Waals surface area contributed by atoms with Crippen LogP contribution < -0.4 is 4.74 Å². The summed E-state index contributed by atoms with van der Waals surface area (Å²) in [5, 5.41) is 10.8. The molecule has 8 nitrogen and oxygen atoms in total. The molecule has 0 unspecified atom stereocenters. The van der Waals surface area contributed by atoms with Crippen LogP contribution in [0.15, 0.2) is 42.5 Å². The maximum atomic E-state index is 12.2. The molecule has 0 fully saturated rings. The number of benzene rings is 2. The Morgan fingerprint density at radius 1 is 1.19 bits per heavy atom. The highest BCUT2D eigenvalue weighted by atomic mass is 16.6. The van der Waals surface area contributed by atoms with E-state index in [1.54, 1.807) is 20.2 Å². The van der Waals surface area contributed by atoms with Crippen molar-refractivity contribution < 1.29 is 24.0 Å². The van der Waals surface area contributed by atoms with Crippen molar-refractivity contribution in [1.82, 2.24) is 4.90 Å². The lowest BCUT2D eigenvalue weighted by Crippen LogP contribution is -2.30. The number of carbonyl (C=O) groups is 2. The van der Waals surface area contributed by atoms with Crippen LogP contribution in [0.1, 0.15) is 21.5 Å².